The summed E-state index contributed by atoms with van der Waals surface area (Å²) in [7, 11) is 2.13. The van der Waals surface area contributed by atoms with Crippen molar-refractivity contribution in [3.63, 3.8) is 0 Å². The fourth-order valence-corrected chi connectivity index (χ4v) is 5.43. The number of halogens is 1. The molecule has 39 heavy (non-hydrogen) atoms. The predicted molar refractivity (Wildman–Crippen MR) is 158 cm³/mol. The van der Waals surface area contributed by atoms with Crippen molar-refractivity contribution in [3.05, 3.63) is 119 Å². The molecule has 1 aliphatic heterocycles. The van der Waals surface area contributed by atoms with Crippen molar-refractivity contribution >= 4 is 34.2 Å². The Labute approximate surface area is 235 Å². The van der Waals surface area contributed by atoms with Crippen molar-refractivity contribution in [1.82, 2.24) is 15.1 Å². The number of nitrogens with zero attached hydrogens (tertiary/aromatic N) is 2. The lowest BCUT2D eigenvalue weighted by Gasteiger charge is -2.41. The third kappa shape index (κ3) is 7.05. The van der Waals surface area contributed by atoms with E-state index in [9.17, 15) is 9.59 Å². The smallest absolute Gasteiger partial charge is 0.245 e. The summed E-state index contributed by atoms with van der Waals surface area (Å²) in [5.41, 5.74) is 3.14. The van der Waals surface area contributed by atoms with Gasteiger partial charge in [-0.2, -0.15) is 0 Å². The molecule has 0 unspecified atom stereocenters. The van der Waals surface area contributed by atoms with Gasteiger partial charge in [0.2, 0.25) is 11.8 Å². The minimum absolute atomic E-state index is 0.0389. The first-order chi connectivity index (χ1) is 18.9. The van der Waals surface area contributed by atoms with Crippen LogP contribution in [-0.4, -0.2) is 60.4 Å². The van der Waals surface area contributed by atoms with E-state index in [-0.39, 0.29) is 24.3 Å². The Morgan fingerprint density at radius 2 is 1.54 bits per heavy atom. The Balaban J connectivity index is 1.30. The van der Waals surface area contributed by atoms with Crippen molar-refractivity contribution in [2.45, 2.75) is 31.3 Å². The standard InChI is InChI=1S/C33H34ClN3O2/c1-36-17-18-37(23-30(36)20-26-11-14-27-9-5-6-10-28(27)19-26)33(39)31(21-25-12-15-29(34)16-13-25)35-32(38)22-24-7-3-2-4-8-24/h2-16,19,30-31H,17-18,20-23H2,1H3,(H,35,38)/t30-,31-/m1/s1. The van der Waals surface area contributed by atoms with Crippen molar-refractivity contribution in [1.29, 1.82) is 0 Å². The van der Waals surface area contributed by atoms with Gasteiger partial charge in [0.15, 0.2) is 0 Å². The molecule has 0 radical (unpaired) electrons. The topological polar surface area (TPSA) is 52.6 Å². The number of rotatable bonds is 8. The highest BCUT2D eigenvalue weighted by atomic mass is 35.5. The number of carbonyl (C=O) groups excluding carboxylic acids is 2. The highest BCUT2D eigenvalue weighted by Crippen LogP contribution is 2.20. The van der Waals surface area contributed by atoms with Crippen LogP contribution in [0.25, 0.3) is 10.8 Å². The second kappa shape index (κ2) is 12.5. The first-order valence-electron chi connectivity index (χ1n) is 13.5. The van der Waals surface area contributed by atoms with E-state index >= 15 is 0 Å². The van der Waals surface area contributed by atoms with Gasteiger partial charge in [0, 0.05) is 37.1 Å². The maximum absolute atomic E-state index is 13.9. The molecular weight excluding hydrogens is 506 g/mol. The average molecular weight is 540 g/mol. The minimum Gasteiger partial charge on any atom is -0.344 e. The molecule has 2 atom stereocenters. The molecule has 1 heterocycles. The van der Waals surface area contributed by atoms with Crippen LogP contribution in [0.5, 0.6) is 0 Å². The average Bonchev–Trinajstić information content (AvgIpc) is 2.95. The Morgan fingerprint density at radius 1 is 0.846 bits per heavy atom. The molecule has 200 valence electrons. The molecule has 5 rings (SSSR count). The first-order valence-corrected chi connectivity index (χ1v) is 13.9. The van der Waals surface area contributed by atoms with E-state index in [1.807, 2.05) is 59.5 Å². The molecule has 5 nitrogen and oxygen atoms in total. The number of likely N-dealkylation sites (N-methyl/N-ethyl adjacent to an activating group) is 1. The molecule has 1 saturated heterocycles. The Hall–Kier alpha value is -3.67. The zero-order valence-electron chi connectivity index (χ0n) is 22.2. The van der Waals surface area contributed by atoms with Gasteiger partial charge in [-0.1, -0.05) is 96.5 Å². The Morgan fingerprint density at radius 3 is 2.31 bits per heavy atom. The minimum atomic E-state index is -0.646. The van der Waals surface area contributed by atoms with Crippen molar-refractivity contribution in [2.75, 3.05) is 26.7 Å². The number of hydrogen-bond acceptors (Lipinski definition) is 3. The second-order valence-corrected chi connectivity index (χ2v) is 10.9. The van der Waals surface area contributed by atoms with E-state index in [0.717, 1.165) is 24.1 Å². The molecule has 0 aromatic heterocycles. The summed E-state index contributed by atoms with van der Waals surface area (Å²) in [5, 5.41) is 6.14. The predicted octanol–water partition coefficient (Wildman–Crippen LogP) is 5.15. The molecular formula is C33H34ClN3O2. The summed E-state index contributed by atoms with van der Waals surface area (Å²) < 4.78 is 0. The van der Waals surface area contributed by atoms with E-state index in [2.05, 4.69) is 59.7 Å². The molecule has 4 aromatic carbocycles. The third-order valence-corrected chi connectivity index (χ3v) is 7.82. The van der Waals surface area contributed by atoms with Crippen LogP contribution in [0.15, 0.2) is 97.1 Å². The molecule has 1 fully saturated rings. The maximum Gasteiger partial charge on any atom is 0.245 e. The van der Waals surface area contributed by atoms with Crippen molar-refractivity contribution in [2.24, 2.45) is 0 Å². The highest BCUT2D eigenvalue weighted by Gasteiger charge is 2.32. The van der Waals surface area contributed by atoms with Gasteiger partial charge in [0.05, 0.1) is 6.42 Å². The zero-order valence-corrected chi connectivity index (χ0v) is 23.0. The number of nitrogens with one attached hydrogen (secondary N) is 1. The van der Waals surface area contributed by atoms with Gasteiger partial charge < -0.3 is 10.2 Å². The molecule has 0 aliphatic carbocycles. The SMILES string of the molecule is CN1CCN(C(=O)[C@@H](Cc2ccc(Cl)cc2)NC(=O)Cc2ccccc2)C[C@H]1Cc1ccc2ccccc2c1. The molecule has 0 spiro atoms. The van der Waals surface area contributed by atoms with Crippen LogP contribution in [0.4, 0.5) is 0 Å². The molecule has 1 aliphatic rings. The summed E-state index contributed by atoms with van der Waals surface area (Å²) in [5.74, 6) is -0.196. The molecule has 6 heteroatoms. The van der Waals surface area contributed by atoms with Crippen molar-refractivity contribution < 1.29 is 9.59 Å². The number of fused-ring (bicyclic) bond motifs is 1. The second-order valence-electron chi connectivity index (χ2n) is 10.4. The lowest BCUT2D eigenvalue weighted by molar-refractivity contribution is -0.138. The van der Waals surface area contributed by atoms with Gasteiger partial charge in [-0.05, 0) is 53.1 Å². The summed E-state index contributed by atoms with van der Waals surface area (Å²) >= 11 is 6.09. The maximum atomic E-state index is 13.9. The van der Waals surface area contributed by atoms with E-state index < -0.39 is 6.04 Å². The molecule has 0 saturated carbocycles. The van der Waals surface area contributed by atoms with E-state index in [4.69, 9.17) is 11.6 Å². The Bertz CT molecular complexity index is 1420. The summed E-state index contributed by atoms with van der Waals surface area (Å²) in [6, 6.07) is 31.6. The van der Waals surface area contributed by atoms with Crippen LogP contribution in [0.2, 0.25) is 5.02 Å². The van der Waals surface area contributed by atoms with Crippen LogP contribution in [0, 0.1) is 0 Å². The van der Waals surface area contributed by atoms with Crippen LogP contribution < -0.4 is 5.32 Å². The largest absolute Gasteiger partial charge is 0.344 e. The van der Waals surface area contributed by atoms with Gasteiger partial charge in [-0.3, -0.25) is 14.5 Å². The van der Waals surface area contributed by atoms with Gasteiger partial charge in [0.1, 0.15) is 6.04 Å². The van der Waals surface area contributed by atoms with E-state index in [0.29, 0.717) is 24.5 Å². The van der Waals surface area contributed by atoms with Gasteiger partial charge in [-0.25, -0.2) is 0 Å². The number of carbonyl (C=O) groups is 2. The van der Waals surface area contributed by atoms with Crippen LogP contribution in [0.1, 0.15) is 16.7 Å². The van der Waals surface area contributed by atoms with Gasteiger partial charge >= 0.3 is 0 Å². The van der Waals surface area contributed by atoms with Crippen molar-refractivity contribution in [3.8, 4) is 0 Å². The normalized spacial score (nSPS) is 16.7. The molecule has 4 aromatic rings. The first kappa shape index (κ1) is 26.9. The lowest BCUT2D eigenvalue weighted by Crippen LogP contribution is -2.58. The summed E-state index contributed by atoms with van der Waals surface area (Å²) in [6.45, 7) is 2.04. The number of amides is 2. The number of benzene rings is 4. The molecule has 1 N–H and O–H groups in total. The van der Waals surface area contributed by atoms with Crippen LogP contribution in [-0.2, 0) is 28.9 Å². The van der Waals surface area contributed by atoms with E-state index in [1.54, 1.807) is 0 Å². The van der Waals surface area contributed by atoms with Crippen LogP contribution in [0.3, 0.4) is 0 Å². The Kier molecular flexibility index (Phi) is 8.60. The number of piperazine rings is 1. The van der Waals surface area contributed by atoms with Gasteiger partial charge in [0.25, 0.3) is 0 Å². The third-order valence-electron chi connectivity index (χ3n) is 7.57. The summed E-state index contributed by atoms with van der Waals surface area (Å²) in [4.78, 5) is 31.2. The fourth-order valence-electron chi connectivity index (χ4n) is 5.31. The quantitative estimate of drug-likeness (QED) is 0.337. The lowest BCUT2D eigenvalue weighted by atomic mass is 9.98. The fraction of sp³-hybridized carbons (Fsp3) is 0.273. The number of hydrogen-bond donors (Lipinski definition) is 1. The van der Waals surface area contributed by atoms with E-state index in [1.165, 1.54) is 16.3 Å². The summed E-state index contributed by atoms with van der Waals surface area (Å²) in [6.07, 6.45) is 1.50. The van der Waals surface area contributed by atoms with Crippen LogP contribution >= 0.6 is 11.6 Å². The van der Waals surface area contributed by atoms with Gasteiger partial charge in [-0.15, -0.1) is 0 Å². The zero-order chi connectivity index (χ0) is 27.2. The monoisotopic (exact) mass is 539 g/mol. The highest BCUT2D eigenvalue weighted by molar-refractivity contribution is 6.30. The molecule has 0 bridgehead atoms. The molecule has 2 amide bonds.